The molecule has 1 aromatic heterocycles. The highest BCUT2D eigenvalue weighted by molar-refractivity contribution is 5.93. The van der Waals surface area contributed by atoms with Gasteiger partial charge in [0.25, 0.3) is 11.6 Å². The molecule has 10 heteroatoms. The second-order valence-electron chi connectivity index (χ2n) is 3.50. The van der Waals surface area contributed by atoms with Crippen molar-refractivity contribution in [3.63, 3.8) is 0 Å². The van der Waals surface area contributed by atoms with Crippen molar-refractivity contribution in [3.8, 4) is 0 Å². The molecular weight excluding hydrogens is 256 g/mol. The van der Waals surface area contributed by atoms with Crippen LogP contribution >= 0.6 is 0 Å². The quantitative estimate of drug-likeness (QED) is 0.193. The fourth-order valence-electron chi connectivity index (χ4n) is 1.34. The third kappa shape index (κ3) is 4.27. The van der Waals surface area contributed by atoms with Crippen LogP contribution in [0.1, 0.15) is 10.5 Å². The monoisotopic (exact) mass is 270 g/mol. The molecule has 0 aliphatic heterocycles. The van der Waals surface area contributed by atoms with Gasteiger partial charge < -0.3 is 20.1 Å². The van der Waals surface area contributed by atoms with Crippen LogP contribution in [0.15, 0.2) is 17.4 Å². The molecule has 0 atom stereocenters. The van der Waals surface area contributed by atoms with Crippen LogP contribution in [0.5, 0.6) is 0 Å². The van der Waals surface area contributed by atoms with Crippen molar-refractivity contribution in [1.82, 2.24) is 15.2 Å². The first-order valence-corrected chi connectivity index (χ1v) is 5.26. The molecule has 0 aliphatic carbocycles. The summed E-state index contributed by atoms with van der Waals surface area (Å²) in [5.41, 5.74) is 0.0867. The fraction of sp³-hybridized carbons (Fsp3) is 0.333. The highest BCUT2D eigenvalue weighted by Crippen LogP contribution is 2.14. The highest BCUT2D eigenvalue weighted by atomic mass is 16.7. The number of hydrogen-bond donors (Lipinski definition) is 3. The topological polar surface area (TPSA) is 137 Å². The second-order valence-corrected chi connectivity index (χ2v) is 3.50. The van der Waals surface area contributed by atoms with E-state index in [1.54, 1.807) is 7.05 Å². The lowest BCUT2D eigenvalue weighted by atomic mass is 10.4. The van der Waals surface area contributed by atoms with Crippen molar-refractivity contribution in [2.75, 3.05) is 13.1 Å². The van der Waals surface area contributed by atoms with Crippen LogP contribution in [0.25, 0.3) is 0 Å². The van der Waals surface area contributed by atoms with Gasteiger partial charge >= 0.3 is 0 Å². The summed E-state index contributed by atoms with van der Waals surface area (Å²) in [5.74, 6) is 4.25. The Labute approximate surface area is 108 Å². The van der Waals surface area contributed by atoms with Crippen molar-refractivity contribution < 1.29 is 14.7 Å². The maximum Gasteiger partial charge on any atom is 0.287 e. The molecule has 1 rings (SSSR count). The van der Waals surface area contributed by atoms with Gasteiger partial charge in [-0.05, 0) is 0 Å². The predicted octanol–water partition coefficient (Wildman–Crippen LogP) is -0.914. The minimum atomic E-state index is -0.554. The predicted molar refractivity (Wildman–Crippen MR) is 66.2 cm³/mol. The Balaban J connectivity index is 2.45. The van der Waals surface area contributed by atoms with Crippen LogP contribution in [0, 0.1) is 10.1 Å². The van der Waals surface area contributed by atoms with E-state index in [-0.39, 0.29) is 11.4 Å². The van der Waals surface area contributed by atoms with Crippen molar-refractivity contribution in [1.29, 1.82) is 0 Å². The number of carbonyl (C=O) groups excluding carboxylic acids is 1. The van der Waals surface area contributed by atoms with E-state index in [9.17, 15) is 14.9 Å². The maximum atomic E-state index is 11.7. The minimum absolute atomic E-state index is 0.127. The van der Waals surface area contributed by atoms with Gasteiger partial charge in [0.1, 0.15) is 12.0 Å². The van der Waals surface area contributed by atoms with E-state index in [1.807, 2.05) is 0 Å². The summed E-state index contributed by atoms with van der Waals surface area (Å²) in [6, 6.07) is 1.21. The smallest absolute Gasteiger partial charge is 0.287 e. The van der Waals surface area contributed by atoms with Crippen LogP contribution < -0.4 is 16.5 Å². The van der Waals surface area contributed by atoms with Gasteiger partial charge in [-0.3, -0.25) is 14.9 Å². The SMILES string of the molecule is Cn1cc([N+](=O)[O-])cc1C(=O)NCCNC=NON. The van der Waals surface area contributed by atoms with Crippen molar-refractivity contribution >= 4 is 17.9 Å². The average Bonchev–Trinajstić information content (AvgIpc) is 2.76. The normalized spacial score (nSPS) is 10.4. The van der Waals surface area contributed by atoms with Gasteiger partial charge in [0.2, 0.25) is 0 Å². The van der Waals surface area contributed by atoms with E-state index in [0.717, 1.165) is 0 Å². The Hall–Kier alpha value is -2.62. The third-order valence-corrected chi connectivity index (χ3v) is 2.19. The number of rotatable bonds is 7. The summed E-state index contributed by atoms with van der Waals surface area (Å²) in [5, 5.41) is 19.1. The molecular formula is C9H14N6O4. The number of nitro groups is 1. The van der Waals surface area contributed by atoms with Gasteiger partial charge in [-0.25, -0.2) is 0 Å². The molecule has 0 unspecified atom stereocenters. The molecule has 4 N–H and O–H groups in total. The Morgan fingerprint density at radius 2 is 2.42 bits per heavy atom. The number of aryl methyl sites for hydroxylation is 1. The van der Waals surface area contributed by atoms with Gasteiger partial charge in [0.15, 0.2) is 0 Å². The van der Waals surface area contributed by atoms with Crippen LogP contribution in [0.2, 0.25) is 0 Å². The molecule has 1 amide bonds. The summed E-state index contributed by atoms with van der Waals surface area (Å²) >= 11 is 0. The lowest BCUT2D eigenvalue weighted by molar-refractivity contribution is -0.384. The number of amides is 1. The van der Waals surface area contributed by atoms with Gasteiger partial charge in [-0.15, -0.1) is 5.90 Å². The lowest BCUT2D eigenvalue weighted by Gasteiger charge is -2.05. The number of oxime groups is 1. The maximum absolute atomic E-state index is 11.7. The largest absolute Gasteiger partial charge is 0.372 e. The number of hydrogen-bond acceptors (Lipinski definition) is 6. The highest BCUT2D eigenvalue weighted by Gasteiger charge is 2.16. The molecule has 10 nitrogen and oxygen atoms in total. The van der Waals surface area contributed by atoms with Gasteiger partial charge in [-0.2, -0.15) is 0 Å². The Kier molecular flexibility index (Phi) is 5.29. The van der Waals surface area contributed by atoms with E-state index in [0.29, 0.717) is 13.1 Å². The lowest BCUT2D eigenvalue weighted by Crippen LogP contribution is -2.32. The van der Waals surface area contributed by atoms with E-state index < -0.39 is 10.8 Å². The molecule has 104 valence electrons. The van der Waals surface area contributed by atoms with Gasteiger partial charge in [0, 0.05) is 26.2 Å². The molecule has 0 aliphatic rings. The van der Waals surface area contributed by atoms with E-state index >= 15 is 0 Å². The van der Waals surface area contributed by atoms with Crippen LogP contribution in [0.4, 0.5) is 5.69 Å². The number of nitrogens with one attached hydrogen (secondary N) is 2. The average molecular weight is 270 g/mol. The molecule has 1 heterocycles. The summed E-state index contributed by atoms with van der Waals surface area (Å²) in [7, 11) is 1.56. The molecule has 19 heavy (non-hydrogen) atoms. The zero-order valence-corrected chi connectivity index (χ0v) is 10.2. The van der Waals surface area contributed by atoms with Crippen LogP contribution in [0.3, 0.4) is 0 Å². The number of carbonyl (C=O) groups is 1. The van der Waals surface area contributed by atoms with Crippen molar-refractivity contribution in [2.45, 2.75) is 0 Å². The van der Waals surface area contributed by atoms with Crippen molar-refractivity contribution in [2.24, 2.45) is 18.1 Å². The van der Waals surface area contributed by atoms with E-state index in [2.05, 4.69) is 26.6 Å². The molecule has 0 saturated carbocycles. The molecule has 1 aromatic rings. The second kappa shape index (κ2) is 6.96. The summed E-state index contributed by atoms with van der Waals surface area (Å²) < 4.78 is 1.39. The van der Waals surface area contributed by atoms with Crippen LogP contribution in [-0.2, 0) is 12.0 Å². The minimum Gasteiger partial charge on any atom is -0.372 e. The molecule has 0 bridgehead atoms. The standard InChI is InChI=1S/C9H14N6O4/c1-14-5-7(15(17)18)4-8(14)9(16)12-3-2-11-6-13-19-10/h4-6H,2-3,10H2,1H3,(H,11,13)(H,12,16). The molecule has 0 saturated heterocycles. The Morgan fingerprint density at radius 3 is 3.00 bits per heavy atom. The van der Waals surface area contributed by atoms with Crippen LogP contribution in [-0.4, -0.2) is 34.8 Å². The number of nitrogens with two attached hydrogens (primary N) is 1. The number of aromatic nitrogens is 1. The number of nitrogens with zero attached hydrogens (tertiary/aromatic N) is 3. The van der Waals surface area contributed by atoms with Gasteiger partial charge in [0.05, 0.1) is 11.1 Å². The molecule has 0 aromatic carbocycles. The first-order valence-electron chi connectivity index (χ1n) is 5.26. The first-order chi connectivity index (χ1) is 9.06. The summed E-state index contributed by atoms with van der Waals surface area (Å²) in [6.07, 6.45) is 2.51. The van der Waals surface area contributed by atoms with E-state index in [1.165, 1.54) is 23.2 Å². The van der Waals surface area contributed by atoms with Crippen molar-refractivity contribution in [3.05, 3.63) is 28.1 Å². The van der Waals surface area contributed by atoms with E-state index in [4.69, 9.17) is 0 Å². The zero-order chi connectivity index (χ0) is 14.3. The zero-order valence-electron chi connectivity index (χ0n) is 10.2. The third-order valence-electron chi connectivity index (χ3n) is 2.19. The summed E-state index contributed by atoms with van der Waals surface area (Å²) in [6.45, 7) is 0.722. The Morgan fingerprint density at radius 1 is 1.68 bits per heavy atom. The molecule has 0 fully saturated rings. The molecule has 0 radical (unpaired) electrons. The molecule has 0 spiro atoms. The van der Waals surface area contributed by atoms with Gasteiger partial charge in [-0.1, -0.05) is 5.16 Å². The fourth-order valence-corrected chi connectivity index (χ4v) is 1.34. The first kappa shape index (κ1) is 14.4. The summed E-state index contributed by atoms with van der Waals surface area (Å²) in [4.78, 5) is 25.7. The Bertz CT molecular complexity index is 483.